The molecule has 96 valence electrons. The van der Waals surface area contributed by atoms with Crippen LogP contribution in [0, 0.1) is 0 Å². The van der Waals surface area contributed by atoms with Gasteiger partial charge in [0.15, 0.2) is 9.84 Å². The molecule has 16 heavy (non-hydrogen) atoms. The summed E-state index contributed by atoms with van der Waals surface area (Å²) in [7, 11) is -2.83. The maximum Gasteiger partial charge on any atom is 0.151 e. The molecule has 0 aromatic carbocycles. The van der Waals surface area contributed by atoms with E-state index in [1.165, 1.54) is 25.7 Å². The molecule has 1 aliphatic rings. The van der Waals surface area contributed by atoms with E-state index in [1.54, 1.807) is 6.92 Å². The van der Waals surface area contributed by atoms with E-state index in [9.17, 15) is 8.42 Å². The molecule has 0 unspecified atom stereocenters. The van der Waals surface area contributed by atoms with E-state index in [1.807, 2.05) is 0 Å². The van der Waals surface area contributed by atoms with Crippen LogP contribution in [0.25, 0.3) is 0 Å². The van der Waals surface area contributed by atoms with Crippen molar-refractivity contribution in [1.82, 2.24) is 5.32 Å². The van der Waals surface area contributed by atoms with Gasteiger partial charge in [0.1, 0.15) is 0 Å². The largest absolute Gasteiger partial charge is 0.377 e. The van der Waals surface area contributed by atoms with Gasteiger partial charge in [-0.2, -0.15) is 0 Å². The molecule has 0 aliphatic heterocycles. The topological polar surface area (TPSA) is 55.4 Å². The third-order valence-corrected chi connectivity index (χ3v) is 4.67. The van der Waals surface area contributed by atoms with Gasteiger partial charge in [0.2, 0.25) is 0 Å². The van der Waals surface area contributed by atoms with Crippen molar-refractivity contribution in [3.8, 4) is 0 Å². The molecule has 1 saturated carbocycles. The van der Waals surface area contributed by atoms with Crippen LogP contribution < -0.4 is 5.32 Å². The number of hydrogen-bond acceptors (Lipinski definition) is 4. The van der Waals surface area contributed by atoms with E-state index in [2.05, 4.69) is 5.32 Å². The van der Waals surface area contributed by atoms with E-state index in [0.717, 1.165) is 6.54 Å². The molecule has 0 saturated heterocycles. The zero-order valence-electron chi connectivity index (χ0n) is 10.1. The number of sulfone groups is 1. The molecule has 0 amide bonds. The molecule has 0 aromatic rings. The summed E-state index contributed by atoms with van der Waals surface area (Å²) in [6, 6.07) is 0. The number of rotatable bonds is 8. The highest BCUT2D eigenvalue weighted by Crippen LogP contribution is 2.20. The van der Waals surface area contributed by atoms with E-state index >= 15 is 0 Å². The molecule has 0 atom stereocenters. The van der Waals surface area contributed by atoms with Crippen LogP contribution in [0.3, 0.4) is 0 Å². The molecule has 1 aliphatic carbocycles. The van der Waals surface area contributed by atoms with E-state index < -0.39 is 9.84 Å². The van der Waals surface area contributed by atoms with Crippen LogP contribution >= 0.6 is 0 Å². The summed E-state index contributed by atoms with van der Waals surface area (Å²) in [6.45, 7) is 3.65. The molecule has 0 bridgehead atoms. The first kappa shape index (κ1) is 13.9. The Morgan fingerprint density at radius 3 is 2.56 bits per heavy atom. The van der Waals surface area contributed by atoms with Crippen molar-refractivity contribution in [2.24, 2.45) is 0 Å². The summed E-state index contributed by atoms with van der Waals surface area (Å²) in [6.07, 6.45) is 5.38. The molecule has 0 spiro atoms. The molecule has 0 aromatic heterocycles. The van der Waals surface area contributed by atoms with Crippen LogP contribution in [0.2, 0.25) is 0 Å². The highest BCUT2D eigenvalue weighted by Gasteiger charge is 2.14. The maximum absolute atomic E-state index is 11.2. The van der Waals surface area contributed by atoms with Crippen LogP contribution in [0.15, 0.2) is 0 Å². The Labute approximate surface area is 98.7 Å². The summed E-state index contributed by atoms with van der Waals surface area (Å²) in [5, 5.41) is 3.10. The lowest BCUT2D eigenvalue weighted by atomic mass is 10.3. The Balaban J connectivity index is 1.92. The fourth-order valence-corrected chi connectivity index (χ4v) is 2.59. The van der Waals surface area contributed by atoms with Gasteiger partial charge in [-0.25, -0.2) is 8.42 Å². The van der Waals surface area contributed by atoms with Gasteiger partial charge in [-0.1, -0.05) is 19.8 Å². The minimum absolute atomic E-state index is 0.229. The van der Waals surface area contributed by atoms with Gasteiger partial charge in [-0.15, -0.1) is 0 Å². The molecule has 4 nitrogen and oxygen atoms in total. The molecular weight excluding hydrogens is 226 g/mol. The van der Waals surface area contributed by atoms with Crippen molar-refractivity contribution in [2.45, 2.75) is 38.7 Å². The Morgan fingerprint density at radius 1 is 1.25 bits per heavy atom. The van der Waals surface area contributed by atoms with Crippen molar-refractivity contribution in [3.05, 3.63) is 0 Å². The summed E-state index contributed by atoms with van der Waals surface area (Å²) < 4.78 is 28.0. The van der Waals surface area contributed by atoms with Gasteiger partial charge in [0.05, 0.1) is 18.5 Å². The lowest BCUT2D eigenvalue weighted by molar-refractivity contribution is 0.0606. The first-order valence-electron chi connectivity index (χ1n) is 6.17. The third-order valence-electron chi connectivity index (χ3n) is 2.96. The Morgan fingerprint density at radius 2 is 1.94 bits per heavy atom. The Kier molecular flexibility index (Phi) is 6.31. The minimum atomic E-state index is -2.83. The lowest BCUT2D eigenvalue weighted by Gasteiger charge is -2.11. The fourth-order valence-electron chi connectivity index (χ4n) is 1.85. The minimum Gasteiger partial charge on any atom is -0.377 e. The van der Waals surface area contributed by atoms with Crippen LogP contribution in [0.4, 0.5) is 0 Å². The standard InChI is InChI=1S/C11H23NO3S/c1-2-16(13,14)10-8-12-7-9-15-11-5-3-4-6-11/h11-12H,2-10H2,1H3. The second kappa shape index (κ2) is 7.25. The Bertz CT molecular complexity index is 271. The first-order chi connectivity index (χ1) is 7.64. The lowest BCUT2D eigenvalue weighted by Crippen LogP contribution is -2.27. The van der Waals surface area contributed by atoms with Crippen molar-refractivity contribution in [3.63, 3.8) is 0 Å². The predicted molar refractivity (Wildman–Crippen MR) is 65.4 cm³/mol. The van der Waals surface area contributed by atoms with Crippen molar-refractivity contribution >= 4 is 9.84 Å². The molecule has 5 heteroatoms. The monoisotopic (exact) mass is 249 g/mol. The molecule has 1 rings (SSSR count). The van der Waals surface area contributed by atoms with Gasteiger partial charge in [0, 0.05) is 18.8 Å². The number of ether oxygens (including phenoxy) is 1. The fraction of sp³-hybridized carbons (Fsp3) is 1.00. The van der Waals surface area contributed by atoms with E-state index in [-0.39, 0.29) is 11.5 Å². The van der Waals surface area contributed by atoms with Gasteiger partial charge in [-0.05, 0) is 12.8 Å². The van der Waals surface area contributed by atoms with Gasteiger partial charge in [0.25, 0.3) is 0 Å². The summed E-state index contributed by atoms with van der Waals surface area (Å²) in [4.78, 5) is 0. The molecule has 1 fully saturated rings. The van der Waals surface area contributed by atoms with Gasteiger partial charge >= 0.3 is 0 Å². The van der Waals surface area contributed by atoms with Crippen molar-refractivity contribution in [1.29, 1.82) is 0 Å². The van der Waals surface area contributed by atoms with E-state index in [4.69, 9.17) is 4.74 Å². The van der Waals surface area contributed by atoms with Gasteiger partial charge in [-0.3, -0.25) is 0 Å². The first-order valence-corrected chi connectivity index (χ1v) is 7.99. The molecule has 0 radical (unpaired) electrons. The highest BCUT2D eigenvalue weighted by molar-refractivity contribution is 7.91. The summed E-state index contributed by atoms with van der Waals surface area (Å²) >= 11 is 0. The zero-order valence-corrected chi connectivity index (χ0v) is 10.9. The summed E-state index contributed by atoms with van der Waals surface area (Å²) in [5.74, 6) is 0.459. The molecule has 1 N–H and O–H groups in total. The second-order valence-electron chi connectivity index (χ2n) is 4.26. The van der Waals surface area contributed by atoms with Crippen molar-refractivity contribution < 1.29 is 13.2 Å². The maximum atomic E-state index is 11.2. The smallest absolute Gasteiger partial charge is 0.151 e. The highest BCUT2D eigenvalue weighted by atomic mass is 32.2. The van der Waals surface area contributed by atoms with Crippen LogP contribution in [-0.4, -0.2) is 45.7 Å². The molecular formula is C11H23NO3S. The normalized spacial score (nSPS) is 18.1. The van der Waals surface area contributed by atoms with Gasteiger partial charge < -0.3 is 10.1 Å². The third kappa shape index (κ3) is 5.82. The van der Waals surface area contributed by atoms with Crippen LogP contribution in [-0.2, 0) is 14.6 Å². The SMILES string of the molecule is CCS(=O)(=O)CCNCCOC1CCCC1. The van der Waals surface area contributed by atoms with Crippen LogP contribution in [0.5, 0.6) is 0 Å². The zero-order chi connectivity index (χ0) is 11.9. The Hall–Kier alpha value is -0.130. The predicted octanol–water partition coefficient (Wildman–Crippen LogP) is 0.970. The molecule has 0 heterocycles. The van der Waals surface area contributed by atoms with Crippen molar-refractivity contribution in [2.75, 3.05) is 31.2 Å². The number of nitrogens with one attached hydrogen (secondary N) is 1. The number of hydrogen-bond donors (Lipinski definition) is 1. The second-order valence-corrected chi connectivity index (χ2v) is 6.74. The quantitative estimate of drug-likeness (QED) is 0.651. The average molecular weight is 249 g/mol. The van der Waals surface area contributed by atoms with Crippen LogP contribution in [0.1, 0.15) is 32.6 Å². The average Bonchev–Trinajstić information content (AvgIpc) is 2.76. The summed E-state index contributed by atoms with van der Waals surface area (Å²) in [5.41, 5.74) is 0. The van der Waals surface area contributed by atoms with E-state index in [0.29, 0.717) is 19.3 Å².